The van der Waals surface area contributed by atoms with Crippen LogP contribution in [-0.4, -0.2) is 14.7 Å². The quantitative estimate of drug-likeness (QED) is 0.898. The number of hydrogen-bond acceptors (Lipinski definition) is 2. The summed E-state index contributed by atoms with van der Waals surface area (Å²) in [6.45, 7) is 0.568. The zero-order chi connectivity index (χ0) is 12.4. The Kier molecular flexibility index (Phi) is 3.15. The molecule has 0 radical (unpaired) electrons. The Labute approximate surface area is 107 Å². The Balaban J connectivity index is 1.79. The summed E-state index contributed by atoms with van der Waals surface area (Å²) in [4.78, 5) is 3.99. The van der Waals surface area contributed by atoms with Gasteiger partial charge >= 0.3 is 0 Å². The fourth-order valence-corrected chi connectivity index (χ4v) is 2.66. The van der Waals surface area contributed by atoms with E-state index in [0.717, 1.165) is 12.0 Å². The van der Waals surface area contributed by atoms with Crippen LogP contribution in [0.25, 0.3) is 0 Å². The molecule has 0 amide bonds. The molecule has 1 N–H and O–H groups in total. The zero-order valence-corrected chi connectivity index (χ0v) is 10.4. The van der Waals surface area contributed by atoms with Gasteiger partial charge in [-0.05, 0) is 42.4 Å². The minimum absolute atomic E-state index is 0.452. The van der Waals surface area contributed by atoms with Crippen LogP contribution >= 0.6 is 0 Å². The van der Waals surface area contributed by atoms with Gasteiger partial charge < -0.3 is 9.67 Å². The molecule has 0 spiro atoms. The second-order valence-corrected chi connectivity index (χ2v) is 5.01. The van der Waals surface area contributed by atoms with E-state index >= 15 is 0 Å². The lowest BCUT2D eigenvalue weighted by Crippen LogP contribution is -2.09. The molecule has 0 fully saturated rings. The van der Waals surface area contributed by atoms with Crippen molar-refractivity contribution in [1.29, 1.82) is 0 Å². The summed E-state index contributed by atoms with van der Waals surface area (Å²) in [7, 11) is 0. The van der Waals surface area contributed by atoms with Gasteiger partial charge in [-0.3, -0.25) is 0 Å². The topological polar surface area (TPSA) is 38.0 Å². The summed E-state index contributed by atoms with van der Waals surface area (Å²) in [5, 5.41) is 10.2. The highest BCUT2D eigenvalue weighted by molar-refractivity contribution is 5.34. The number of aliphatic hydroxyl groups excluding tert-OH is 1. The normalized spacial score (nSPS) is 16.3. The minimum atomic E-state index is -0.452. The molecule has 1 aromatic carbocycles. The van der Waals surface area contributed by atoms with Crippen molar-refractivity contribution in [3.05, 3.63) is 53.6 Å². The number of imidazole rings is 1. The average Bonchev–Trinajstić information content (AvgIpc) is 2.91. The van der Waals surface area contributed by atoms with Gasteiger partial charge in [-0.25, -0.2) is 4.98 Å². The van der Waals surface area contributed by atoms with E-state index in [1.165, 1.54) is 30.4 Å². The summed E-state index contributed by atoms with van der Waals surface area (Å²) >= 11 is 0. The van der Waals surface area contributed by atoms with Gasteiger partial charge in [-0.15, -0.1) is 0 Å². The van der Waals surface area contributed by atoms with Crippen LogP contribution in [0.2, 0.25) is 0 Å². The van der Waals surface area contributed by atoms with Crippen molar-refractivity contribution < 1.29 is 5.11 Å². The number of aliphatic hydroxyl groups is 1. The highest BCUT2D eigenvalue weighted by Gasteiger charge is 2.13. The number of rotatable bonds is 3. The van der Waals surface area contributed by atoms with Gasteiger partial charge in [-0.2, -0.15) is 0 Å². The number of fused-ring (bicyclic) bond motifs is 1. The summed E-state index contributed by atoms with van der Waals surface area (Å²) in [6.07, 6.45) is 9.81. The summed E-state index contributed by atoms with van der Waals surface area (Å²) in [5.41, 5.74) is 3.90. The first-order valence-electron chi connectivity index (χ1n) is 6.58. The maximum absolute atomic E-state index is 10.2. The largest absolute Gasteiger partial charge is 0.387 e. The monoisotopic (exact) mass is 242 g/mol. The molecule has 3 heteroatoms. The molecule has 1 atom stereocenters. The SMILES string of the molecule is OC(Cn1ccnc1)c1ccc2c(c1)CCCC2. The Hall–Kier alpha value is -1.61. The molecule has 0 aliphatic heterocycles. The smallest absolute Gasteiger partial charge is 0.0969 e. The number of aromatic nitrogens is 2. The number of benzene rings is 1. The van der Waals surface area contributed by atoms with Gasteiger partial charge in [-0.1, -0.05) is 18.2 Å². The van der Waals surface area contributed by atoms with E-state index in [1.54, 1.807) is 12.5 Å². The Bertz CT molecular complexity index is 519. The fourth-order valence-electron chi connectivity index (χ4n) is 2.66. The zero-order valence-electron chi connectivity index (χ0n) is 10.4. The third-order valence-corrected chi connectivity index (χ3v) is 3.70. The molecular weight excluding hydrogens is 224 g/mol. The van der Waals surface area contributed by atoms with Gasteiger partial charge in [0, 0.05) is 12.4 Å². The highest BCUT2D eigenvalue weighted by Crippen LogP contribution is 2.25. The van der Waals surface area contributed by atoms with Gasteiger partial charge in [0.05, 0.1) is 19.0 Å². The van der Waals surface area contributed by atoms with Gasteiger partial charge in [0.2, 0.25) is 0 Å². The van der Waals surface area contributed by atoms with Crippen molar-refractivity contribution in [3.63, 3.8) is 0 Å². The van der Waals surface area contributed by atoms with Crippen molar-refractivity contribution in [2.24, 2.45) is 0 Å². The van der Waals surface area contributed by atoms with Crippen LogP contribution < -0.4 is 0 Å². The average molecular weight is 242 g/mol. The molecule has 0 bridgehead atoms. The molecule has 18 heavy (non-hydrogen) atoms. The van der Waals surface area contributed by atoms with Crippen molar-refractivity contribution in [2.75, 3.05) is 0 Å². The van der Waals surface area contributed by atoms with E-state index in [2.05, 4.69) is 23.2 Å². The van der Waals surface area contributed by atoms with E-state index in [4.69, 9.17) is 0 Å². The molecule has 2 aromatic rings. The van der Waals surface area contributed by atoms with E-state index in [0.29, 0.717) is 6.54 Å². The minimum Gasteiger partial charge on any atom is -0.387 e. The Morgan fingerprint density at radius 1 is 1.22 bits per heavy atom. The van der Waals surface area contributed by atoms with Crippen LogP contribution in [0.5, 0.6) is 0 Å². The molecule has 1 aliphatic carbocycles. The summed E-state index contributed by atoms with van der Waals surface area (Å²) < 4.78 is 1.91. The van der Waals surface area contributed by atoms with Crippen molar-refractivity contribution in [2.45, 2.75) is 38.3 Å². The lowest BCUT2D eigenvalue weighted by molar-refractivity contribution is 0.156. The third kappa shape index (κ3) is 2.31. The summed E-state index contributed by atoms with van der Waals surface area (Å²) in [5.74, 6) is 0. The van der Waals surface area contributed by atoms with Crippen LogP contribution in [0.1, 0.15) is 35.6 Å². The van der Waals surface area contributed by atoms with Crippen LogP contribution in [0.4, 0.5) is 0 Å². The van der Waals surface area contributed by atoms with Crippen LogP contribution in [-0.2, 0) is 19.4 Å². The summed E-state index contributed by atoms with van der Waals surface area (Å²) in [6, 6.07) is 6.42. The molecule has 0 saturated carbocycles. The predicted molar refractivity (Wildman–Crippen MR) is 70.3 cm³/mol. The first-order chi connectivity index (χ1) is 8.83. The molecule has 1 unspecified atom stereocenters. The highest BCUT2D eigenvalue weighted by atomic mass is 16.3. The standard InChI is InChI=1S/C15H18N2O/c18-15(10-17-8-7-16-11-17)14-6-5-12-3-1-2-4-13(12)9-14/h5-9,11,15,18H,1-4,10H2. The molecule has 3 rings (SSSR count). The molecule has 1 aromatic heterocycles. The van der Waals surface area contributed by atoms with Crippen LogP contribution in [0.3, 0.4) is 0 Å². The Morgan fingerprint density at radius 2 is 2.06 bits per heavy atom. The Morgan fingerprint density at radius 3 is 2.83 bits per heavy atom. The van der Waals surface area contributed by atoms with Gasteiger partial charge in [0.15, 0.2) is 0 Å². The van der Waals surface area contributed by atoms with Crippen LogP contribution in [0, 0.1) is 0 Å². The number of nitrogens with zero attached hydrogens (tertiary/aromatic N) is 2. The lowest BCUT2D eigenvalue weighted by Gasteiger charge is -2.19. The first-order valence-corrected chi connectivity index (χ1v) is 6.58. The van der Waals surface area contributed by atoms with Crippen molar-refractivity contribution >= 4 is 0 Å². The lowest BCUT2D eigenvalue weighted by atomic mass is 9.89. The fraction of sp³-hybridized carbons (Fsp3) is 0.400. The van der Waals surface area contributed by atoms with Crippen molar-refractivity contribution in [1.82, 2.24) is 9.55 Å². The third-order valence-electron chi connectivity index (χ3n) is 3.70. The van der Waals surface area contributed by atoms with E-state index < -0.39 is 6.10 Å². The van der Waals surface area contributed by atoms with Gasteiger partial charge in [0.1, 0.15) is 0 Å². The van der Waals surface area contributed by atoms with Crippen molar-refractivity contribution in [3.8, 4) is 0 Å². The number of aryl methyl sites for hydroxylation is 2. The van der Waals surface area contributed by atoms with Crippen LogP contribution in [0.15, 0.2) is 36.9 Å². The van der Waals surface area contributed by atoms with Gasteiger partial charge in [0.25, 0.3) is 0 Å². The van der Waals surface area contributed by atoms with E-state index in [-0.39, 0.29) is 0 Å². The molecular formula is C15H18N2O. The van der Waals surface area contributed by atoms with E-state index in [9.17, 15) is 5.11 Å². The van der Waals surface area contributed by atoms with E-state index in [1.807, 2.05) is 10.8 Å². The maximum Gasteiger partial charge on any atom is 0.0969 e. The molecule has 0 saturated heterocycles. The first kappa shape index (κ1) is 11.5. The second-order valence-electron chi connectivity index (χ2n) is 5.01. The molecule has 1 aliphatic rings. The predicted octanol–water partition coefficient (Wildman–Crippen LogP) is 2.50. The molecule has 94 valence electrons. The number of hydrogen-bond donors (Lipinski definition) is 1. The molecule has 3 nitrogen and oxygen atoms in total. The second kappa shape index (κ2) is 4.94. The molecule has 1 heterocycles. The maximum atomic E-state index is 10.2.